The van der Waals surface area contributed by atoms with Crippen LogP contribution in [0.4, 0.5) is 0 Å². The van der Waals surface area contributed by atoms with Gasteiger partial charge in [-0.15, -0.1) is 0 Å². The van der Waals surface area contributed by atoms with Crippen LogP contribution in [0.3, 0.4) is 0 Å². The minimum atomic E-state index is 0.540. The van der Waals surface area contributed by atoms with Crippen molar-refractivity contribution >= 4 is 0 Å². The van der Waals surface area contributed by atoms with Crippen LogP contribution in [0.25, 0.3) is 0 Å². The molecule has 0 spiro atoms. The largest absolute Gasteiger partial charge is 0.496 e. The van der Waals surface area contributed by atoms with Crippen molar-refractivity contribution in [2.45, 2.75) is 12.6 Å². The van der Waals surface area contributed by atoms with Crippen molar-refractivity contribution in [1.82, 2.24) is 15.5 Å². The number of para-hydroxylation sites is 1. The first-order valence-corrected chi connectivity index (χ1v) is 6.54. The normalized spacial score (nSPS) is 20.9. The number of benzene rings is 1. The summed E-state index contributed by atoms with van der Waals surface area (Å²) in [5.74, 6) is 0.957. The number of ether oxygens (including phenoxy) is 1. The molecule has 1 unspecified atom stereocenters. The van der Waals surface area contributed by atoms with E-state index < -0.39 is 0 Å². The molecule has 1 aromatic rings. The smallest absolute Gasteiger partial charge is 0.123 e. The first-order chi connectivity index (χ1) is 8.79. The molecule has 1 aliphatic heterocycles. The molecule has 1 saturated heterocycles. The minimum absolute atomic E-state index is 0.540. The van der Waals surface area contributed by atoms with E-state index in [9.17, 15) is 0 Å². The third-order valence-corrected chi connectivity index (χ3v) is 3.36. The fourth-order valence-electron chi connectivity index (χ4n) is 2.36. The van der Waals surface area contributed by atoms with Crippen LogP contribution < -0.4 is 15.4 Å². The Bertz CT molecular complexity index is 370. The van der Waals surface area contributed by atoms with Crippen LogP contribution in [0.1, 0.15) is 5.56 Å². The molecular weight excluding hydrogens is 226 g/mol. The van der Waals surface area contributed by atoms with Gasteiger partial charge in [-0.3, -0.25) is 0 Å². The van der Waals surface area contributed by atoms with E-state index in [1.807, 2.05) is 18.2 Å². The highest BCUT2D eigenvalue weighted by molar-refractivity contribution is 5.32. The van der Waals surface area contributed by atoms with Gasteiger partial charge in [0.25, 0.3) is 0 Å². The van der Waals surface area contributed by atoms with Gasteiger partial charge in [-0.25, -0.2) is 0 Å². The highest BCUT2D eigenvalue weighted by Gasteiger charge is 2.15. The molecule has 0 bridgehead atoms. The number of likely N-dealkylation sites (N-methyl/N-ethyl adjacent to an activating group) is 1. The van der Waals surface area contributed by atoms with Gasteiger partial charge in [-0.05, 0) is 13.1 Å². The zero-order valence-corrected chi connectivity index (χ0v) is 11.3. The third kappa shape index (κ3) is 3.70. The van der Waals surface area contributed by atoms with E-state index in [2.05, 4.69) is 28.6 Å². The van der Waals surface area contributed by atoms with Gasteiger partial charge in [0.15, 0.2) is 0 Å². The second-order valence-corrected chi connectivity index (χ2v) is 4.86. The Balaban J connectivity index is 1.77. The first kappa shape index (κ1) is 13.3. The maximum Gasteiger partial charge on any atom is 0.123 e. The van der Waals surface area contributed by atoms with E-state index in [0.717, 1.165) is 38.5 Å². The molecule has 1 aliphatic rings. The molecular formula is C14H23N3O. The van der Waals surface area contributed by atoms with Crippen LogP contribution in [0.2, 0.25) is 0 Å². The Kier molecular flexibility index (Phi) is 4.99. The Morgan fingerprint density at radius 3 is 3.06 bits per heavy atom. The molecule has 2 rings (SSSR count). The van der Waals surface area contributed by atoms with Gasteiger partial charge in [0.2, 0.25) is 0 Å². The van der Waals surface area contributed by atoms with Crippen LogP contribution in [-0.2, 0) is 6.54 Å². The van der Waals surface area contributed by atoms with Gasteiger partial charge in [0.1, 0.15) is 5.75 Å². The second-order valence-electron chi connectivity index (χ2n) is 4.86. The van der Waals surface area contributed by atoms with Gasteiger partial charge in [0.05, 0.1) is 7.11 Å². The van der Waals surface area contributed by atoms with E-state index in [-0.39, 0.29) is 0 Å². The summed E-state index contributed by atoms with van der Waals surface area (Å²) in [5.41, 5.74) is 1.21. The number of nitrogens with one attached hydrogen (secondary N) is 2. The molecule has 4 heteroatoms. The average Bonchev–Trinajstić information content (AvgIpc) is 2.39. The molecule has 1 fully saturated rings. The molecule has 0 amide bonds. The number of rotatable bonds is 5. The number of hydrogen-bond acceptors (Lipinski definition) is 4. The lowest BCUT2D eigenvalue weighted by molar-refractivity contribution is 0.235. The first-order valence-electron chi connectivity index (χ1n) is 6.54. The van der Waals surface area contributed by atoms with Crippen LogP contribution in [0, 0.1) is 0 Å². The molecule has 1 atom stereocenters. The summed E-state index contributed by atoms with van der Waals surface area (Å²) in [4.78, 5) is 2.37. The molecule has 1 heterocycles. The highest BCUT2D eigenvalue weighted by Crippen LogP contribution is 2.16. The maximum atomic E-state index is 5.34. The molecule has 0 aromatic heterocycles. The number of nitrogens with zero attached hydrogens (tertiary/aromatic N) is 1. The van der Waals surface area contributed by atoms with Crippen molar-refractivity contribution < 1.29 is 4.74 Å². The summed E-state index contributed by atoms with van der Waals surface area (Å²) in [6.45, 7) is 5.17. The van der Waals surface area contributed by atoms with E-state index in [1.54, 1.807) is 7.11 Å². The van der Waals surface area contributed by atoms with Crippen LogP contribution in [0.5, 0.6) is 5.75 Å². The Morgan fingerprint density at radius 2 is 2.28 bits per heavy atom. The van der Waals surface area contributed by atoms with Gasteiger partial charge >= 0.3 is 0 Å². The zero-order chi connectivity index (χ0) is 12.8. The predicted molar refractivity (Wildman–Crippen MR) is 74.0 cm³/mol. The number of methoxy groups -OCH3 is 1. The van der Waals surface area contributed by atoms with Crippen molar-refractivity contribution in [3.63, 3.8) is 0 Å². The lowest BCUT2D eigenvalue weighted by atomic mass is 10.2. The van der Waals surface area contributed by atoms with E-state index in [4.69, 9.17) is 4.74 Å². The fraction of sp³-hybridized carbons (Fsp3) is 0.571. The van der Waals surface area contributed by atoms with Gasteiger partial charge < -0.3 is 20.3 Å². The molecule has 2 N–H and O–H groups in total. The summed E-state index contributed by atoms with van der Waals surface area (Å²) in [7, 11) is 3.89. The lowest BCUT2D eigenvalue weighted by Gasteiger charge is -2.31. The maximum absolute atomic E-state index is 5.34. The molecule has 0 saturated carbocycles. The Labute approximate surface area is 109 Å². The molecule has 0 aliphatic carbocycles. The Morgan fingerprint density at radius 1 is 1.44 bits per heavy atom. The molecule has 4 nitrogen and oxygen atoms in total. The monoisotopic (exact) mass is 249 g/mol. The SMILES string of the molecule is COc1ccccc1CNCC1CN(C)CCN1. The van der Waals surface area contributed by atoms with E-state index >= 15 is 0 Å². The highest BCUT2D eigenvalue weighted by atomic mass is 16.5. The summed E-state index contributed by atoms with van der Waals surface area (Å²) in [6, 6.07) is 8.70. The van der Waals surface area contributed by atoms with Crippen molar-refractivity contribution in [2.75, 3.05) is 40.3 Å². The van der Waals surface area contributed by atoms with Gasteiger partial charge in [-0.1, -0.05) is 18.2 Å². The zero-order valence-electron chi connectivity index (χ0n) is 11.3. The summed E-state index contributed by atoms with van der Waals surface area (Å²) < 4.78 is 5.34. The lowest BCUT2D eigenvalue weighted by Crippen LogP contribution is -2.52. The summed E-state index contributed by atoms with van der Waals surface area (Å²) >= 11 is 0. The van der Waals surface area contributed by atoms with Crippen molar-refractivity contribution in [3.05, 3.63) is 29.8 Å². The summed E-state index contributed by atoms with van der Waals surface area (Å²) in [6.07, 6.45) is 0. The molecule has 18 heavy (non-hydrogen) atoms. The molecule has 1 aromatic carbocycles. The standard InChI is InChI=1S/C14H23N3O/c1-17-8-7-16-13(11-17)10-15-9-12-5-3-4-6-14(12)18-2/h3-6,13,15-16H,7-11H2,1-2H3. The van der Waals surface area contributed by atoms with Gasteiger partial charge in [0, 0.05) is 44.3 Å². The van der Waals surface area contributed by atoms with E-state index in [0.29, 0.717) is 6.04 Å². The van der Waals surface area contributed by atoms with E-state index in [1.165, 1.54) is 5.56 Å². The van der Waals surface area contributed by atoms with Crippen molar-refractivity contribution in [1.29, 1.82) is 0 Å². The number of piperazine rings is 1. The third-order valence-electron chi connectivity index (χ3n) is 3.36. The van der Waals surface area contributed by atoms with Crippen LogP contribution in [0.15, 0.2) is 24.3 Å². The van der Waals surface area contributed by atoms with Crippen molar-refractivity contribution in [3.8, 4) is 5.75 Å². The predicted octanol–water partition coefficient (Wildman–Crippen LogP) is 0.688. The minimum Gasteiger partial charge on any atom is -0.496 e. The topological polar surface area (TPSA) is 36.5 Å². The quantitative estimate of drug-likeness (QED) is 0.805. The number of hydrogen-bond donors (Lipinski definition) is 2. The van der Waals surface area contributed by atoms with Gasteiger partial charge in [-0.2, -0.15) is 0 Å². The van der Waals surface area contributed by atoms with Crippen molar-refractivity contribution in [2.24, 2.45) is 0 Å². The molecule has 0 radical (unpaired) electrons. The average molecular weight is 249 g/mol. The van der Waals surface area contributed by atoms with Crippen LogP contribution >= 0.6 is 0 Å². The van der Waals surface area contributed by atoms with Crippen LogP contribution in [-0.4, -0.2) is 51.3 Å². The fourth-order valence-corrected chi connectivity index (χ4v) is 2.36. The second kappa shape index (κ2) is 6.73. The summed E-state index contributed by atoms with van der Waals surface area (Å²) in [5, 5.41) is 7.03. The Hall–Kier alpha value is -1.10. The molecule has 100 valence electrons.